The molecule has 180 valence electrons. The molecule has 5 rings (SSSR count). The van der Waals surface area contributed by atoms with Crippen LogP contribution in [-0.2, 0) is 27.4 Å². The summed E-state index contributed by atoms with van der Waals surface area (Å²) in [5, 5.41) is 1.96. The molecule has 1 atom stereocenters. The minimum absolute atomic E-state index is 0.103. The summed E-state index contributed by atoms with van der Waals surface area (Å²) in [6.07, 6.45) is 7.22. The Hall–Kier alpha value is -3.44. The van der Waals surface area contributed by atoms with Gasteiger partial charge in [-0.2, -0.15) is 0 Å². The molecule has 0 N–H and O–H groups in total. The van der Waals surface area contributed by atoms with Gasteiger partial charge in [0.2, 0.25) is 0 Å². The molecule has 5 nitrogen and oxygen atoms in total. The Morgan fingerprint density at radius 3 is 1.86 bits per heavy atom. The highest BCUT2D eigenvalue weighted by Crippen LogP contribution is 2.37. The molecular formula is C30H32N2O3. The predicted octanol–water partition coefficient (Wildman–Crippen LogP) is 6.27. The highest BCUT2D eigenvalue weighted by molar-refractivity contribution is 6.42. The standard InChI is InChI=1S/C30H32N2O3/c1-4-9-22-14-15-31-18-25(23-10-5-7-12-27(23)31)29(20(2)33)30(21(3)34)26-19-32(16-17-35-22)28-13-8-6-11-24(26)28/h5-8,10-13,18-19,22H,4,9,14-17H2,1-3H3/b30-29-. The van der Waals surface area contributed by atoms with Gasteiger partial charge in [0.25, 0.3) is 0 Å². The van der Waals surface area contributed by atoms with Gasteiger partial charge in [0.15, 0.2) is 11.6 Å². The molecule has 0 amide bonds. The molecule has 0 saturated heterocycles. The first-order valence-corrected chi connectivity index (χ1v) is 12.5. The van der Waals surface area contributed by atoms with Crippen LogP contribution in [0.25, 0.3) is 33.0 Å². The van der Waals surface area contributed by atoms with E-state index in [4.69, 9.17) is 4.74 Å². The van der Waals surface area contributed by atoms with Crippen molar-refractivity contribution in [3.63, 3.8) is 0 Å². The Bertz CT molecular complexity index is 1450. The van der Waals surface area contributed by atoms with Gasteiger partial charge in [-0.1, -0.05) is 49.7 Å². The number of carbonyl (C=O) groups excluding carboxylic acids is 2. The third-order valence-electron chi connectivity index (χ3n) is 7.06. The minimum Gasteiger partial charge on any atom is -0.376 e. The molecular weight excluding hydrogens is 436 g/mol. The van der Waals surface area contributed by atoms with Gasteiger partial charge in [0, 0.05) is 69.6 Å². The molecule has 2 aromatic carbocycles. The Morgan fingerprint density at radius 2 is 1.34 bits per heavy atom. The van der Waals surface area contributed by atoms with Crippen LogP contribution in [0.2, 0.25) is 0 Å². The number of carbonyl (C=O) groups is 2. The highest BCUT2D eigenvalue weighted by atomic mass is 16.5. The van der Waals surface area contributed by atoms with E-state index in [1.165, 1.54) is 0 Å². The van der Waals surface area contributed by atoms with Crippen molar-refractivity contribution in [2.45, 2.75) is 59.2 Å². The topological polar surface area (TPSA) is 53.2 Å². The second kappa shape index (κ2) is 9.67. The van der Waals surface area contributed by atoms with Crippen molar-refractivity contribution in [3.05, 3.63) is 72.1 Å². The van der Waals surface area contributed by atoms with E-state index < -0.39 is 0 Å². The molecule has 0 fully saturated rings. The SMILES string of the molecule is CCCC1CCn2cc(c3ccccc32)/C(C(C)=O)=C(/C(C)=O)c2cn(c3ccccc23)CCO1. The molecule has 5 heteroatoms. The molecule has 4 aromatic rings. The monoisotopic (exact) mass is 468 g/mol. The van der Waals surface area contributed by atoms with Gasteiger partial charge in [0.1, 0.15) is 0 Å². The molecule has 1 unspecified atom stereocenters. The molecule has 0 radical (unpaired) electrons. The number of rotatable bonds is 4. The van der Waals surface area contributed by atoms with Crippen LogP contribution in [-0.4, -0.2) is 33.4 Å². The molecule has 0 aliphatic carbocycles. The summed E-state index contributed by atoms with van der Waals surface area (Å²) < 4.78 is 10.7. The fourth-order valence-corrected chi connectivity index (χ4v) is 5.50. The zero-order valence-electron chi connectivity index (χ0n) is 20.7. The summed E-state index contributed by atoms with van der Waals surface area (Å²) in [5.74, 6) is -0.212. The van der Waals surface area contributed by atoms with Crippen LogP contribution in [0, 0.1) is 0 Å². The third-order valence-corrected chi connectivity index (χ3v) is 7.06. The average molecular weight is 469 g/mol. The summed E-state index contributed by atoms with van der Waals surface area (Å²) in [4.78, 5) is 26.5. The average Bonchev–Trinajstić information content (AvgIpc) is 3.38. The number of hydrogen-bond acceptors (Lipinski definition) is 3. The zero-order chi connectivity index (χ0) is 24.5. The predicted molar refractivity (Wildman–Crippen MR) is 141 cm³/mol. The van der Waals surface area contributed by atoms with Crippen molar-refractivity contribution in [2.24, 2.45) is 0 Å². The summed E-state index contributed by atoms with van der Waals surface area (Å²) in [5.41, 5.74) is 4.71. The van der Waals surface area contributed by atoms with Crippen LogP contribution in [0.3, 0.4) is 0 Å². The van der Waals surface area contributed by atoms with Gasteiger partial charge >= 0.3 is 0 Å². The van der Waals surface area contributed by atoms with Gasteiger partial charge in [-0.15, -0.1) is 0 Å². The third kappa shape index (κ3) is 4.25. The number of para-hydroxylation sites is 2. The van der Waals surface area contributed by atoms with E-state index >= 15 is 0 Å². The van der Waals surface area contributed by atoms with Crippen molar-refractivity contribution >= 4 is 44.5 Å². The number of hydrogen-bond donors (Lipinski definition) is 0. The molecule has 4 bridgehead atoms. The van der Waals surface area contributed by atoms with Crippen LogP contribution < -0.4 is 0 Å². The van der Waals surface area contributed by atoms with Crippen LogP contribution in [0.15, 0.2) is 60.9 Å². The Kier molecular flexibility index (Phi) is 6.44. The number of nitrogens with zero attached hydrogens (tertiary/aromatic N) is 2. The van der Waals surface area contributed by atoms with Crippen molar-refractivity contribution in [1.82, 2.24) is 9.13 Å². The van der Waals surface area contributed by atoms with E-state index in [0.717, 1.165) is 58.7 Å². The van der Waals surface area contributed by atoms with Crippen LogP contribution in [0.4, 0.5) is 0 Å². The van der Waals surface area contributed by atoms with E-state index in [1.807, 2.05) is 42.6 Å². The number of ketones is 2. The first kappa shape index (κ1) is 23.3. The number of Topliss-reactive ketones (excluding diaryl/α,β-unsaturated/α-hetero) is 2. The second-order valence-corrected chi connectivity index (χ2v) is 9.44. The summed E-state index contributed by atoms with van der Waals surface area (Å²) >= 11 is 0. The van der Waals surface area contributed by atoms with Gasteiger partial charge in [-0.05, 0) is 38.8 Å². The molecule has 0 spiro atoms. The Labute approximate surface area is 206 Å². The molecule has 0 saturated carbocycles. The van der Waals surface area contributed by atoms with Crippen LogP contribution in [0.1, 0.15) is 51.2 Å². The number of aryl methyl sites for hydroxylation is 1. The smallest absolute Gasteiger partial charge is 0.161 e. The first-order chi connectivity index (χ1) is 17.0. The maximum Gasteiger partial charge on any atom is 0.161 e. The number of fused-ring (bicyclic) bond motifs is 10. The van der Waals surface area contributed by atoms with Crippen LogP contribution in [0.5, 0.6) is 0 Å². The largest absolute Gasteiger partial charge is 0.376 e. The van der Waals surface area contributed by atoms with Crippen molar-refractivity contribution in [2.75, 3.05) is 6.61 Å². The fraction of sp³-hybridized carbons (Fsp3) is 0.333. The second-order valence-electron chi connectivity index (χ2n) is 9.44. The van der Waals surface area contributed by atoms with Crippen molar-refractivity contribution < 1.29 is 14.3 Å². The van der Waals surface area contributed by atoms with E-state index in [1.54, 1.807) is 13.8 Å². The molecule has 1 aliphatic heterocycles. The lowest BCUT2D eigenvalue weighted by molar-refractivity contribution is -0.113. The number of aromatic nitrogens is 2. The number of ether oxygens (including phenoxy) is 1. The highest BCUT2D eigenvalue weighted by Gasteiger charge is 2.26. The van der Waals surface area contributed by atoms with Crippen molar-refractivity contribution in [1.29, 1.82) is 0 Å². The Balaban J connectivity index is 1.85. The molecule has 1 aliphatic rings. The lowest BCUT2D eigenvalue weighted by Gasteiger charge is -2.19. The maximum absolute atomic E-state index is 13.2. The summed E-state index contributed by atoms with van der Waals surface area (Å²) in [6, 6.07) is 16.2. The Morgan fingerprint density at radius 1 is 0.829 bits per heavy atom. The quantitative estimate of drug-likeness (QED) is 0.354. The lowest BCUT2D eigenvalue weighted by Crippen LogP contribution is -2.18. The van der Waals surface area contributed by atoms with E-state index in [2.05, 4.69) is 34.4 Å². The van der Waals surface area contributed by atoms with E-state index in [0.29, 0.717) is 24.3 Å². The van der Waals surface area contributed by atoms with E-state index in [9.17, 15) is 9.59 Å². The van der Waals surface area contributed by atoms with E-state index in [-0.39, 0.29) is 17.7 Å². The first-order valence-electron chi connectivity index (χ1n) is 12.5. The number of benzene rings is 2. The van der Waals surface area contributed by atoms with Gasteiger partial charge < -0.3 is 13.9 Å². The maximum atomic E-state index is 13.2. The normalized spacial score (nSPS) is 19.1. The molecule has 3 heterocycles. The number of allylic oxidation sites excluding steroid dienone is 2. The lowest BCUT2D eigenvalue weighted by atomic mass is 9.89. The van der Waals surface area contributed by atoms with Gasteiger partial charge in [-0.25, -0.2) is 0 Å². The summed E-state index contributed by atoms with van der Waals surface area (Å²) in [7, 11) is 0. The fourth-order valence-electron chi connectivity index (χ4n) is 5.50. The van der Waals surface area contributed by atoms with Crippen molar-refractivity contribution in [3.8, 4) is 0 Å². The minimum atomic E-state index is -0.110. The molecule has 35 heavy (non-hydrogen) atoms. The van der Waals surface area contributed by atoms with Gasteiger partial charge in [-0.3, -0.25) is 9.59 Å². The summed E-state index contributed by atoms with van der Waals surface area (Å²) in [6.45, 7) is 7.39. The molecule has 2 aromatic heterocycles. The van der Waals surface area contributed by atoms with Gasteiger partial charge in [0.05, 0.1) is 12.7 Å². The zero-order valence-corrected chi connectivity index (χ0v) is 20.7. The van der Waals surface area contributed by atoms with Crippen LogP contribution >= 0.6 is 0 Å².